The van der Waals surface area contributed by atoms with E-state index in [0.29, 0.717) is 17.7 Å². The fourth-order valence-electron chi connectivity index (χ4n) is 1.92. The number of hydrogen-bond acceptors (Lipinski definition) is 3. The standard InChI is InChI=1S/C13H17FN2O/c1-4-9(8-15)13(16-2)11-7-10(14)5-6-12(11)17-3/h5-7,9,13,16H,4H2,1-3H3. The van der Waals surface area contributed by atoms with Crippen LogP contribution >= 0.6 is 0 Å². The highest BCUT2D eigenvalue weighted by Gasteiger charge is 2.23. The van der Waals surface area contributed by atoms with Crippen LogP contribution in [-0.2, 0) is 0 Å². The second-order valence-electron chi connectivity index (χ2n) is 3.80. The zero-order valence-corrected chi connectivity index (χ0v) is 10.3. The highest BCUT2D eigenvalue weighted by Crippen LogP contribution is 2.31. The molecule has 4 heteroatoms. The predicted molar refractivity (Wildman–Crippen MR) is 64.1 cm³/mol. The summed E-state index contributed by atoms with van der Waals surface area (Å²) >= 11 is 0. The van der Waals surface area contributed by atoms with Crippen LogP contribution in [0.25, 0.3) is 0 Å². The van der Waals surface area contributed by atoms with Gasteiger partial charge < -0.3 is 10.1 Å². The van der Waals surface area contributed by atoms with Crippen molar-refractivity contribution in [1.29, 1.82) is 5.26 Å². The lowest BCUT2D eigenvalue weighted by Crippen LogP contribution is -2.24. The summed E-state index contributed by atoms with van der Waals surface area (Å²) in [5.41, 5.74) is 0.684. The van der Waals surface area contributed by atoms with Crippen molar-refractivity contribution in [2.45, 2.75) is 19.4 Å². The first-order valence-corrected chi connectivity index (χ1v) is 5.58. The molecule has 17 heavy (non-hydrogen) atoms. The zero-order valence-electron chi connectivity index (χ0n) is 10.3. The molecule has 0 aromatic heterocycles. The number of methoxy groups -OCH3 is 1. The first-order valence-electron chi connectivity index (χ1n) is 5.58. The van der Waals surface area contributed by atoms with Crippen LogP contribution in [0.15, 0.2) is 18.2 Å². The minimum Gasteiger partial charge on any atom is -0.496 e. The monoisotopic (exact) mass is 236 g/mol. The van der Waals surface area contributed by atoms with Crippen LogP contribution in [0.3, 0.4) is 0 Å². The Morgan fingerprint density at radius 3 is 2.71 bits per heavy atom. The Bertz CT molecular complexity index is 414. The molecule has 1 aromatic carbocycles. The molecule has 92 valence electrons. The molecular formula is C13H17FN2O. The van der Waals surface area contributed by atoms with Crippen molar-refractivity contribution in [2.75, 3.05) is 14.2 Å². The summed E-state index contributed by atoms with van der Waals surface area (Å²) in [5, 5.41) is 12.2. The van der Waals surface area contributed by atoms with Gasteiger partial charge in [-0.05, 0) is 31.7 Å². The van der Waals surface area contributed by atoms with Crippen LogP contribution in [-0.4, -0.2) is 14.2 Å². The molecular weight excluding hydrogens is 219 g/mol. The number of nitrogens with one attached hydrogen (secondary N) is 1. The summed E-state index contributed by atoms with van der Waals surface area (Å²) in [6.45, 7) is 1.93. The Morgan fingerprint density at radius 2 is 2.24 bits per heavy atom. The molecule has 1 N–H and O–H groups in total. The molecule has 1 aromatic rings. The Morgan fingerprint density at radius 1 is 1.53 bits per heavy atom. The number of hydrogen-bond donors (Lipinski definition) is 1. The van der Waals surface area contributed by atoms with Crippen molar-refractivity contribution in [2.24, 2.45) is 5.92 Å². The lowest BCUT2D eigenvalue weighted by Gasteiger charge is -2.22. The molecule has 0 amide bonds. The van der Waals surface area contributed by atoms with Crippen LogP contribution in [0.2, 0.25) is 0 Å². The molecule has 0 radical (unpaired) electrons. The SMILES string of the molecule is CCC(C#N)C(NC)c1cc(F)ccc1OC. The van der Waals surface area contributed by atoms with E-state index < -0.39 is 0 Å². The Hall–Kier alpha value is -1.60. The normalized spacial score (nSPS) is 13.8. The van der Waals surface area contributed by atoms with Crippen molar-refractivity contribution >= 4 is 0 Å². The van der Waals surface area contributed by atoms with E-state index in [-0.39, 0.29) is 17.8 Å². The van der Waals surface area contributed by atoms with Crippen molar-refractivity contribution in [3.63, 3.8) is 0 Å². The van der Waals surface area contributed by atoms with E-state index in [1.807, 2.05) is 6.92 Å². The second kappa shape index (κ2) is 6.21. The third-order valence-electron chi connectivity index (χ3n) is 2.85. The van der Waals surface area contributed by atoms with Gasteiger partial charge in [-0.2, -0.15) is 5.26 Å². The molecule has 0 aliphatic carbocycles. The van der Waals surface area contributed by atoms with Gasteiger partial charge in [-0.1, -0.05) is 6.92 Å². The van der Waals surface area contributed by atoms with E-state index in [0.717, 1.165) is 0 Å². The van der Waals surface area contributed by atoms with Gasteiger partial charge in [-0.25, -0.2) is 4.39 Å². The lowest BCUT2D eigenvalue weighted by atomic mass is 9.91. The number of halogens is 1. The van der Waals surface area contributed by atoms with Crippen LogP contribution in [0.5, 0.6) is 5.75 Å². The van der Waals surface area contributed by atoms with Crippen molar-refractivity contribution in [1.82, 2.24) is 5.32 Å². The van der Waals surface area contributed by atoms with Crippen LogP contribution in [0.1, 0.15) is 24.9 Å². The number of nitrogens with zero attached hydrogens (tertiary/aromatic N) is 1. The summed E-state index contributed by atoms with van der Waals surface area (Å²) in [6, 6.07) is 6.35. The van der Waals surface area contributed by atoms with E-state index in [9.17, 15) is 4.39 Å². The van der Waals surface area contributed by atoms with E-state index in [2.05, 4.69) is 11.4 Å². The molecule has 2 atom stereocenters. The van der Waals surface area contributed by atoms with E-state index in [4.69, 9.17) is 10.00 Å². The van der Waals surface area contributed by atoms with Gasteiger partial charge in [0.25, 0.3) is 0 Å². The molecule has 1 rings (SSSR count). The van der Waals surface area contributed by atoms with Gasteiger partial charge in [0.1, 0.15) is 11.6 Å². The lowest BCUT2D eigenvalue weighted by molar-refractivity contribution is 0.382. The molecule has 0 saturated heterocycles. The Labute approximate surface area is 101 Å². The van der Waals surface area contributed by atoms with E-state index in [1.165, 1.54) is 19.2 Å². The Balaban J connectivity index is 3.19. The Kier molecular flexibility index (Phi) is 4.92. The van der Waals surface area contributed by atoms with E-state index in [1.54, 1.807) is 13.1 Å². The maximum Gasteiger partial charge on any atom is 0.123 e. The molecule has 0 fully saturated rings. The molecule has 0 heterocycles. The third-order valence-corrected chi connectivity index (χ3v) is 2.85. The second-order valence-corrected chi connectivity index (χ2v) is 3.80. The van der Waals surface area contributed by atoms with Gasteiger partial charge in [0.05, 0.1) is 25.1 Å². The third kappa shape index (κ3) is 2.95. The van der Waals surface area contributed by atoms with Crippen LogP contribution in [0.4, 0.5) is 4.39 Å². The van der Waals surface area contributed by atoms with Crippen molar-refractivity contribution in [3.8, 4) is 11.8 Å². The highest BCUT2D eigenvalue weighted by molar-refractivity contribution is 5.37. The van der Waals surface area contributed by atoms with Crippen LogP contribution in [0, 0.1) is 23.1 Å². The molecule has 0 saturated carbocycles. The summed E-state index contributed by atoms with van der Waals surface area (Å²) < 4.78 is 18.5. The van der Waals surface area contributed by atoms with Crippen molar-refractivity contribution < 1.29 is 9.13 Å². The van der Waals surface area contributed by atoms with Gasteiger partial charge in [-0.3, -0.25) is 0 Å². The van der Waals surface area contributed by atoms with Gasteiger partial charge in [0, 0.05) is 5.56 Å². The first kappa shape index (κ1) is 13.5. The van der Waals surface area contributed by atoms with Gasteiger partial charge in [0.2, 0.25) is 0 Å². The minimum atomic E-state index is -0.325. The maximum atomic E-state index is 13.3. The summed E-state index contributed by atoms with van der Waals surface area (Å²) in [5.74, 6) is 0.0593. The number of ether oxygens (including phenoxy) is 1. The highest BCUT2D eigenvalue weighted by atomic mass is 19.1. The molecule has 0 aliphatic rings. The van der Waals surface area contributed by atoms with Gasteiger partial charge in [-0.15, -0.1) is 0 Å². The average Bonchev–Trinajstić information content (AvgIpc) is 2.35. The molecule has 0 aliphatic heterocycles. The fourth-order valence-corrected chi connectivity index (χ4v) is 1.92. The maximum absolute atomic E-state index is 13.3. The summed E-state index contributed by atoms with van der Waals surface area (Å²) in [7, 11) is 3.30. The molecule has 2 unspecified atom stereocenters. The smallest absolute Gasteiger partial charge is 0.123 e. The summed E-state index contributed by atoms with van der Waals surface area (Å²) in [4.78, 5) is 0. The zero-order chi connectivity index (χ0) is 12.8. The van der Waals surface area contributed by atoms with Crippen LogP contribution < -0.4 is 10.1 Å². The topological polar surface area (TPSA) is 45.0 Å². The first-order chi connectivity index (χ1) is 8.17. The largest absolute Gasteiger partial charge is 0.496 e. The molecule has 3 nitrogen and oxygen atoms in total. The fraction of sp³-hybridized carbons (Fsp3) is 0.462. The predicted octanol–water partition coefficient (Wildman–Crippen LogP) is 2.64. The number of rotatable bonds is 5. The summed E-state index contributed by atoms with van der Waals surface area (Å²) in [6.07, 6.45) is 0.696. The number of nitriles is 1. The van der Waals surface area contributed by atoms with Gasteiger partial charge in [0.15, 0.2) is 0 Å². The van der Waals surface area contributed by atoms with Gasteiger partial charge >= 0.3 is 0 Å². The average molecular weight is 236 g/mol. The minimum absolute atomic E-state index is 0.212. The van der Waals surface area contributed by atoms with Crippen molar-refractivity contribution in [3.05, 3.63) is 29.6 Å². The number of benzene rings is 1. The van der Waals surface area contributed by atoms with E-state index >= 15 is 0 Å². The quantitative estimate of drug-likeness (QED) is 0.854. The molecule has 0 bridgehead atoms. The molecule has 0 spiro atoms.